The summed E-state index contributed by atoms with van der Waals surface area (Å²) in [5.41, 5.74) is -0.616. The van der Waals surface area contributed by atoms with Crippen LogP contribution in [0, 0.1) is 23.2 Å². The zero-order valence-electron chi connectivity index (χ0n) is 17.2. The number of ether oxygens (including phenoxy) is 2. The lowest BCUT2D eigenvalue weighted by Crippen LogP contribution is -2.52. The van der Waals surface area contributed by atoms with Gasteiger partial charge in [0.15, 0.2) is 0 Å². The summed E-state index contributed by atoms with van der Waals surface area (Å²) >= 11 is 0. The van der Waals surface area contributed by atoms with Crippen molar-refractivity contribution in [1.29, 1.82) is 0 Å². The summed E-state index contributed by atoms with van der Waals surface area (Å²) in [5, 5.41) is 0. The third-order valence-corrected chi connectivity index (χ3v) is 7.66. The van der Waals surface area contributed by atoms with Crippen molar-refractivity contribution in [3.63, 3.8) is 0 Å². The first-order valence-corrected chi connectivity index (χ1v) is 11.0. The molecule has 5 heteroatoms. The second kappa shape index (κ2) is 6.97. The Hall–Kier alpha value is -1.26. The Morgan fingerprint density at radius 1 is 1.00 bits per heavy atom. The minimum Gasteiger partial charge on any atom is -0.462 e. The maximum absolute atomic E-state index is 13.1. The highest BCUT2D eigenvalue weighted by Gasteiger charge is 2.55. The number of piperidine rings is 1. The molecule has 1 saturated heterocycles. The fourth-order valence-corrected chi connectivity index (χ4v) is 6.17. The summed E-state index contributed by atoms with van der Waals surface area (Å²) in [6.45, 7) is 7.11. The average molecular weight is 378 g/mol. The van der Waals surface area contributed by atoms with Gasteiger partial charge in [0.05, 0.1) is 5.41 Å². The van der Waals surface area contributed by atoms with Crippen molar-refractivity contribution in [2.45, 2.75) is 90.3 Å². The predicted molar refractivity (Wildman–Crippen MR) is 102 cm³/mol. The molecule has 5 fully saturated rings. The second-order valence-electron chi connectivity index (χ2n) is 10.3. The van der Waals surface area contributed by atoms with Crippen LogP contribution in [0.2, 0.25) is 0 Å². The van der Waals surface area contributed by atoms with E-state index in [0.29, 0.717) is 13.1 Å². The van der Waals surface area contributed by atoms with Gasteiger partial charge in [0, 0.05) is 25.9 Å². The molecule has 152 valence electrons. The molecule has 1 aliphatic heterocycles. The molecule has 0 aromatic carbocycles. The van der Waals surface area contributed by atoms with Crippen LogP contribution in [0.1, 0.15) is 78.6 Å². The second-order valence-corrected chi connectivity index (χ2v) is 10.3. The summed E-state index contributed by atoms with van der Waals surface area (Å²) in [4.78, 5) is 27.2. The first kappa shape index (κ1) is 19.1. The van der Waals surface area contributed by atoms with Gasteiger partial charge in [-0.2, -0.15) is 0 Å². The molecule has 5 rings (SSSR count). The Labute approximate surface area is 163 Å². The van der Waals surface area contributed by atoms with Crippen LogP contribution in [-0.4, -0.2) is 41.8 Å². The summed E-state index contributed by atoms with van der Waals surface area (Å²) in [6, 6.07) is 0. The first-order valence-electron chi connectivity index (χ1n) is 11.0. The number of carbonyl (C=O) groups is 2. The zero-order chi connectivity index (χ0) is 19.2. The Morgan fingerprint density at radius 2 is 1.52 bits per heavy atom. The summed E-state index contributed by atoms with van der Waals surface area (Å²) in [7, 11) is 0. The van der Waals surface area contributed by atoms with E-state index in [4.69, 9.17) is 9.47 Å². The minimum atomic E-state index is -0.432. The van der Waals surface area contributed by atoms with Crippen LogP contribution in [0.3, 0.4) is 0 Å². The molecule has 4 bridgehead atoms. The van der Waals surface area contributed by atoms with Gasteiger partial charge in [0.1, 0.15) is 11.7 Å². The van der Waals surface area contributed by atoms with Crippen LogP contribution < -0.4 is 0 Å². The normalized spacial score (nSPS) is 36.0. The lowest BCUT2D eigenvalue weighted by Gasteiger charge is -2.55. The van der Waals surface area contributed by atoms with Crippen LogP contribution in [-0.2, 0) is 14.3 Å². The van der Waals surface area contributed by atoms with E-state index in [1.165, 1.54) is 19.3 Å². The van der Waals surface area contributed by atoms with Crippen LogP contribution in [0.5, 0.6) is 0 Å². The van der Waals surface area contributed by atoms with E-state index in [1.54, 1.807) is 4.90 Å². The summed E-state index contributed by atoms with van der Waals surface area (Å²) in [5.74, 6) is 2.32. The van der Waals surface area contributed by atoms with Gasteiger partial charge in [-0.15, -0.1) is 0 Å². The molecule has 4 aliphatic carbocycles. The maximum atomic E-state index is 13.1. The van der Waals surface area contributed by atoms with Crippen molar-refractivity contribution >= 4 is 12.1 Å². The van der Waals surface area contributed by atoms with Crippen molar-refractivity contribution in [2.75, 3.05) is 13.1 Å². The monoisotopic (exact) mass is 377 g/mol. The molecule has 1 amide bonds. The van der Waals surface area contributed by atoms with E-state index >= 15 is 0 Å². The Balaban J connectivity index is 1.28. The summed E-state index contributed by atoms with van der Waals surface area (Å²) in [6.07, 6.45) is 9.10. The van der Waals surface area contributed by atoms with Gasteiger partial charge in [-0.1, -0.05) is 6.92 Å². The maximum Gasteiger partial charge on any atom is 0.410 e. The van der Waals surface area contributed by atoms with Crippen molar-refractivity contribution in [1.82, 2.24) is 4.90 Å². The lowest BCUT2D eigenvalue weighted by molar-refractivity contribution is -0.178. The van der Waals surface area contributed by atoms with Gasteiger partial charge in [-0.05, 0) is 76.5 Å². The van der Waals surface area contributed by atoms with Crippen LogP contribution in [0.15, 0.2) is 0 Å². The third-order valence-electron chi connectivity index (χ3n) is 7.66. The number of hydrogen-bond donors (Lipinski definition) is 0. The molecule has 0 spiro atoms. The van der Waals surface area contributed by atoms with Crippen molar-refractivity contribution < 1.29 is 19.1 Å². The highest BCUT2D eigenvalue weighted by molar-refractivity contribution is 5.77. The Bertz CT molecular complexity index is 556. The highest BCUT2D eigenvalue weighted by Crippen LogP contribution is 2.60. The van der Waals surface area contributed by atoms with E-state index in [1.807, 2.05) is 20.8 Å². The number of esters is 1. The molecule has 0 aromatic heterocycles. The first-order chi connectivity index (χ1) is 12.8. The average Bonchev–Trinajstić information content (AvgIpc) is 2.61. The molecule has 0 atom stereocenters. The van der Waals surface area contributed by atoms with Crippen LogP contribution in [0.4, 0.5) is 4.79 Å². The van der Waals surface area contributed by atoms with E-state index in [9.17, 15) is 9.59 Å². The molecule has 5 aliphatic rings. The number of rotatable bonds is 4. The standard InChI is InChI=1S/C22H35NO4/c1-4-21(2,3)27-20(25)23-7-5-18(6-8-23)26-19(24)22-12-15-9-16(13-22)11-17(10-15)14-22/h15-18H,4-14H2,1-3H3. The minimum absolute atomic E-state index is 0.0475. The smallest absolute Gasteiger partial charge is 0.410 e. The molecule has 4 saturated carbocycles. The summed E-state index contributed by atoms with van der Waals surface area (Å²) < 4.78 is 11.6. The topological polar surface area (TPSA) is 55.8 Å². The van der Waals surface area contributed by atoms with Gasteiger partial charge in [-0.25, -0.2) is 4.79 Å². The van der Waals surface area contributed by atoms with Crippen LogP contribution in [0.25, 0.3) is 0 Å². The fraction of sp³-hybridized carbons (Fsp3) is 0.909. The van der Waals surface area contributed by atoms with Gasteiger partial charge in [0.2, 0.25) is 0 Å². The van der Waals surface area contributed by atoms with E-state index in [-0.39, 0.29) is 23.6 Å². The predicted octanol–water partition coefficient (Wildman–Crippen LogP) is 4.54. The van der Waals surface area contributed by atoms with Gasteiger partial charge in [0.25, 0.3) is 0 Å². The van der Waals surface area contributed by atoms with E-state index in [2.05, 4.69) is 0 Å². The number of hydrogen-bond acceptors (Lipinski definition) is 4. The van der Waals surface area contributed by atoms with Crippen molar-refractivity contribution in [2.24, 2.45) is 23.2 Å². The fourth-order valence-electron chi connectivity index (χ4n) is 6.17. The van der Waals surface area contributed by atoms with Crippen molar-refractivity contribution in [3.8, 4) is 0 Å². The van der Waals surface area contributed by atoms with E-state index < -0.39 is 5.60 Å². The number of nitrogens with zero attached hydrogens (tertiary/aromatic N) is 1. The molecule has 0 N–H and O–H groups in total. The molecular formula is C22H35NO4. The molecule has 0 aromatic rings. The molecule has 0 radical (unpaired) electrons. The molecule has 27 heavy (non-hydrogen) atoms. The number of carbonyl (C=O) groups excluding carboxylic acids is 2. The largest absolute Gasteiger partial charge is 0.462 e. The zero-order valence-corrected chi connectivity index (χ0v) is 17.2. The SMILES string of the molecule is CCC(C)(C)OC(=O)N1CCC(OC(=O)C23CC4CC(CC(C4)C2)C3)CC1. The molecule has 0 unspecified atom stereocenters. The van der Waals surface area contributed by atoms with Crippen molar-refractivity contribution in [3.05, 3.63) is 0 Å². The number of likely N-dealkylation sites (tertiary alicyclic amines) is 1. The van der Waals surface area contributed by atoms with Gasteiger partial charge >= 0.3 is 12.1 Å². The van der Waals surface area contributed by atoms with Gasteiger partial charge < -0.3 is 14.4 Å². The quantitative estimate of drug-likeness (QED) is 0.675. The van der Waals surface area contributed by atoms with Gasteiger partial charge in [-0.3, -0.25) is 4.79 Å². The number of amides is 1. The Morgan fingerprint density at radius 3 is 2.00 bits per heavy atom. The van der Waals surface area contributed by atoms with E-state index in [0.717, 1.165) is 56.3 Å². The third kappa shape index (κ3) is 3.84. The lowest BCUT2D eigenvalue weighted by atomic mass is 9.49. The Kier molecular flexibility index (Phi) is 4.92. The molecular weight excluding hydrogens is 342 g/mol. The van der Waals surface area contributed by atoms with Crippen LogP contribution >= 0.6 is 0 Å². The molecule has 5 nitrogen and oxygen atoms in total. The highest BCUT2D eigenvalue weighted by atomic mass is 16.6. The molecule has 1 heterocycles.